The highest BCUT2D eigenvalue weighted by molar-refractivity contribution is 5.87. The summed E-state index contributed by atoms with van der Waals surface area (Å²) >= 11 is 0. The van der Waals surface area contributed by atoms with Crippen LogP contribution in [0.2, 0.25) is 0 Å². The largest absolute Gasteiger partial charge is 0.373 e. The van der Waals surface area contributed by atoms with Crippen molar-refractivity contribution in [3.05, 3.63) is 29.8 Å². The van der Waals surface area contributed by atoms with Gasteiger partial charge in [0.25, 0.3) is 0 Å². The first-order valence-electron chi connectivity index (χ1n) is 7.87. The van der Waals surface area contributed by atoms with Crippen molar-refractivity contribution in [2.24, 2.45) is 0 Å². The molecular formula is C17H27N3O. The lowest BCUT2D eigenvalue weighted by molar-refractivity contribution is -0.121. The predicted octanol–water partition coefficient (Wildman–Crippen LogP) is 2.26. The van der Waals surface area contributed by atoms with Gasteiger partial charge in [0, 0.05) is 37.3 Å². The van der Waals surface area contributed by atoms with Crippen molar-refractivity contribution in [2.45, 2.75) is 52.2 Å². The lowest BCUT2D eigenvalue weighted by Gasteiger charge is -2.30. The third-order valence-electron chi connectivity index (χ3n) is 4.08. The summed E-state index contributed by atoms with van der Waals surface area (Å²) in [5.41, 5.74) is 2.31. The van der Waals surface area contributed by atoms with E-state index >= 15 is 0 Å². The minimum Gasteiger partial charge on any atom is -0.373 e. The van der Waals surface area contributed by atoms with Crippen molar-refractivity contribution in [3.8, 4) is 0 Å². The number of carbonyl (C=O) groups is 1. The lowest BCUT2D eigenvalue weighted by Crippen LogP contribution is -2.45. The molecule has 0 fully saturated rings. The minimum atomic E-state index is -0.131. The fraction of sp³-hybridized carbons (Fsp3) is 0.588. The van der Waals surface area contributed by atoms with Gasteiger partial charge < -0.3 is 10.6 Å². The Bertz CT molecular complexity index is 452. The summed E-state index contributed by atoms with van der Waals surface area (Å²) in [6, 6.07) is 8.98. The van der Waals surface area contributed by atoms with Crippen LogP contribution in [0.4, 0.5) is 5.69 Å². The molecule has 4 nitrogen and oxygen atoms in total. The molecule has 21 heavy (non-hydrogen) atoms. The SMILES string of the molecule is CC(C)N(CCNC(=O)C1Cc2ccccc2N1)C(C)C. The number of nitrogens with one attached hydrogen (secondary N) is 2. The maximum Gasteiger partial charge on any atom is 0.242 e. The second-order valence-electron chi connectivity index (χ2n) is 6.27. The Morgan fingerprint density at radius 2 is 1.95 bits per heavy atom. The molecular weight excluding hydrogens is 262 g/mol. The molecule has 0 aromatic heterocycles. The molecule has 1 aromatic rings. The zero-order valence-corrected chi connectivity index (χ0v) is 13.5. The van der Waals surface area contributed by atoms with Crippen molar-refractivity contribution in [1.82, 2.24) is 10.2 Å². The number of carbonyl (C=O) groups excluding carboxylic acids is 1. The van der Waals surface area contributed by atoms with E-state index in [9.17, 15) is 4.79 Å². The molecule has 1 amide bonds. The number of nitrogens with zero attached hydrogens (tertiary/aromatic N) is 1. The molecule has 116 valence electrons. The first-order chi connectivity index (χ1) is 9.99. The van der Waals surface area contributed by atoms with Crippen LogP contribution in [0.3, 0.4) is 0 Å². The smallest absolute Gasteiger partial charge is 0.242 e. The van der Waals surface area contributed by atoms with Gasteiger partial charge in [-0.25, -0.2) is 0 Å². The van der Waals surface area contributed by atoms with Crippen molar-refractivity contribution >= 4 is 11.6 Å². The zero-order valence-electron chi connectivity index (χ0n) is 13.5. The van der Waals surface area contributed by atoms with Crippen molar-refractivity contribution < 1.29 is 4.79 Å². The third-order valence-corrected chi connectivity index (χ3v) is 4.08. The Morgan fingerprint density at radius 3 is 2.57 bits per heavy atom. The summed E-state index contributed by atoms with van der Waals surface area (Å²) in [6.07, 6.45) is 0.778. The highest BCUT2D eigenvalue weighted by atomic mass is 16.2. The van der Waals surface area contributed by atoms with Crippen LogP contribution in [0.1, 0.15) is 33.3 Å². The topological polar surface area (TPSA) is 44.4 Å². The summed E-state index contributed by atoms with van der Waals surface area (Å²) in [4.78, 5) is 14.6. The summed E-state index contributed by atoms with van der Waals surface area (Å²) in [6.45, 7) is 10.4. The van der Waals surface area contributed by atoms with E-state index in [1.165, 1.54) is 5.56 Å². The number of benzene rings is 1. The van der Waals surface area contributed by atoms with E-state index in [1.807, 2.05) is 18.2 Å². The van der Waals surface area contributed by atoms with Crippen LogP contribution in [0.15, 0.2) is 24.3 Å². The maximum atomic E-state index is 12.2. The van der Waals surface area contributed by atoms with Gasteiger partial charge in [-0.1, -0.05) is 18.2 Å². The van der Waals surface area contributed by atoms with Gasteiger partial charge in [-0.05, 0) is 39.3 Å². The quantitative estimate of drug-likeness (QED) is 0.844. The molecule has 1 aromatic carbocycles. The second-order valence-corrected chi connectivity index (χ2v) is 6.27. The molecule has 0 spiro atoms. The Kier molecular flexibility index (Phi) is 5.23. The zero-order chi connectivity index (χ0) is 15.4. The normalized spacial score (nSPS) is 17.2. The fourth-order valence-corrected chi connectivity index (χ4v) is 3.00. The summed E-state index contributed by atoms with van der Waals surface area (Å²) < 4.78 is 0. The highest BCUT2D eigenvalue weighted by Crippen LogP contribution is 2.24. The molecule has 2 rings (SSSR count). The standard InChI is InChI=1S/C17H27N3O/c1-12(2)20(13(3)4)10-9-18-17(21)16-11-14-7-5-6-8-15(14)19-16/h5-8,12-13,16,19H,9-11H2,1-4H3,(H,18,21). The molecule has 0 saturated heterocycles. The molecule has 0 radical (unpaired) electrons. The van der Waals surface area contributed by atoms with Crippen LogP contribution < -0.4 is 10.6 Å². The van der Waals surface area contributed by atoms with Crippen LogP contribution in [-0.4, -0.2) is 42.0 Å². The van der Waals surface area contributed by atoms with Gasteiger partial charge in [0.15, 0.2) is 0 Å². The average Bonchev–Trinajstić information content (AvgIpc) is 2.86. The number of amides is 1. The van der Waals surface area contributed by atoms with Crippen molar-refractivity contribution in [3.63, 3.8) is 0 Å². The summed E-state index contributed by atoms with van der Waals surface area (Å²) in [5, 5.41) is 6.35. The Balaban J connectivity index is 1.79. The second kappa shape index (κ2) is 6.94. The van der Waals surface area contributed by atoms with E-state index in [0.717, 1.165) is 18.7 Å². The van der Waals surface area contributed by atoms with Crippen LogP contribution in [0.5, 0.6) is 0 Å². The van der Waals surface area contributed by atoms with Gasteiger partial charge in [0.2, 0.25) is 5.91 Å². The molecule has 1 heterocycles. The van der Waals surface area contributed by atoms with Gasteiger partial charge in [0.1, 0.15) is 6.04 Å². The van der Waals surface area contributed by atoms with E-state index in [1.54, 1.807) is 0 Å². The molecule has 0 bridgehead atoms. The maximum absolute atomic E-state index is 12.2. The van der Waals surface area contributed by atoms with E-state index in [-0.39, 0.29) is 11.9 Å². The number of hydrogen-bond acceptors (Lipinski definition) is 3. The van der Waals surface area contributed by atoms with Crippen molar-refractivity contribution in [1.29, 1.82) is 0 Å². The predicted molar refractivity (Wildman–Crippen MR) is 87.5 cm³/mol. The highest BCUT2D eigenvalue weighted by Gasteiger charge is 2.26. The van der Waals surface area contributed by atoms with Crippen LogP contribution in [-0.2, 0) is 11.2 Å². The number of anilines is 1. The molecule has 1 unspecified atom stereocenters. The van der Waals surface area contributed by atoms with Crippen molar-refractivity contribution in [2.75, 3.05) is 18.4 Å². The van der Waals surface area contributed by atoms with Gasteiger partial charge in [-0.3, -0.25) is 9.69 Å². The Morgan fingerprint density at radius 1 is 1.29 bits per heavy atom. The first-order valence-corrected chi connectivity index (χ1v) is 7.87. The Hall–Kier alpha value is -1.55. The van der Waals surface area contributed by atoms with Crippen LogP contribution in [0, 0.1) is 0 Å². The fourth-order valence-electron chi connectivity index (χ4n) is 3.00. The molecule has 1 aliphatic rings. The van der Waals surface area contributed by atoms with Crippen LogP contribution >= 0.6 is 0 Å². The van der Waals surface area contributed by atoms with E-state index in [0.29, 0.717) is 18.6 Å². The van der Waals surface area contributed by atoms with Gasteiger partial charge >= 0.3 is 0 Å². The van der Waals surface area contributed by atoms with E-state index < -0.39 is 0 Å². The summed E-state index contributed by atoms with van der Waals surface area (Å²) in [5.74, 6) is 0.0960. The van der Waals surface area contributed by atoms with E-state index in [4.69, 9.17) is 0 Å². The van der Waals surface area contributed by atoms with Gasteiger partial charge in [0.05, 0.1) is 0 Å². The number of para-hydroxylation sites is 1. The molecule has 0 saturated carbocycles. The monoisotopic (exact) mass is 289 g/mol. The Labute approximate surface area is 127 Å². The number of fused-ring (bicyclic) bond motifs is 1. The lowest BCUT2D eigenvalue weighted by atomic mass is 10.1. The van der Waals surface area contributed by atoms with Gasteiger partial charge in [-0.15, -0.1) is 0 Å². The molecule has 2 N–H and O–H groups in total. The molecule has 0 aliphatic carbocycles. The van der Waals surface area contributed by atoms with Crippen LogP contribution in [0.25, 0.3) is 0 Å². The molecule has 1 atom stereocenters. The van der Waals surface area contributed by atoms with Gasteiger partial charge in [-0.2, -0.15) is 0 Å². The number of rotatable bonds is 6. The van der Waals surface area contributed by atoms with E-state index in [2.05, 4.69) is 49.3 Å². The third kappa shape index (κ3) is 3.97. The number of hydrogen-bond donors (Lipinski definition) is 2. The minimum absolute atomic E-state index is 0.0960. The molecule has 1 aliphatic heterocycles. The average molecular weight is 289 g/mol. The summed E-state index contributed by atoms with van der Waals surface area (Å²) in [7, 11) is 0. The molecule has 4 heteroatoms. The first kappa shape index (κ1) is 15.8.